The molecule has 0 atom stereocenters. The lowest BCUT2D eigenvalue weighted by Gasteiger charge is -2.08. The van der Waals surface area contributed by atoms with Crippen LogP contribution in [0.1, 0.15) is 31.7 Å². The number of halogens is 2. The molecule has 1 aromatic rings. The molecule has 106 valence electrons. The molecule has 1 aromatic carbocycles. The van der Waals surface area contributed by atoms with Gasteiger partial charge in [-0.25, -0.2) is 8.78 Å². The lowest BCUT2D eigenvalue weighted by molar-refractivity contribution is -0.143. The number of hydrogen-bond acceptors (Lipinski definition) is 3. The lowest BCUT2D eigenvalue weighted by Crippen LogP contribution is -2.04. The van der Waals surface area contributed by atoms with Crippen molar-refractivity contribution >= 4 is 5.97 Å². The highest BCUT2D eigenvalue weighted by Gasteiger charge is 2.13. The summed E-state index contributed by atoms with van der Waals surface area (Å²) in [5, 5.41) is 0. The van der Waals surface area contributed by atoms with Crippen molar-refractivity contribution in [3.05, 3.63) is 29.3 Å². The van der Waals surface area contributed by atoms with E-state index in [9.17, 15) is 13.6 Å². The van der Waals surface area contributed by atoms with Crippen LogP contribution in [0, 0.1) is 11.6 Å². The van der Waals surface area contributed by atoms with Crippen molar-refractivity contribution < 1.29 is 23.0 Å². The van der Waals surface area contributed by atoms with Crippen molar-refractivity contribution in [3.8, 4) is 5.75 Å². The van der Waals surface area contributed by atoms with E-state index in [4.69, 9.17) is 4.74 Å². The van der Waals surface area contributed by atoms with Gasteiger partial charge in [0.2, 0.25) is 0 Å². The molecular formula is C14H18F2O3. The maximum Gasteiger partial charge on any atom is 0.305 e. The fourth-order valence-corrected chi connectivity index (χ4v) is 1.77. The Labute approximate surface area is 111 Å². The molecule has 0 aliphatic carbocycles. The Balaban J connectivity index is 2.48. The molecule has 0 aromatic heterocycles. The third-order valence-electron chi connectivity index (χ3n) is 2.72. The average molecular weight is 272 g/mol. The Morgan fingerprint density at radius 1 is 1.26 bits per heavy atom. The van der Waals surface area contributed by atoms with Gasteiger partial charge in [0.25, 0.3) is 0 Å². The van der Waals surface area contributed by atoms with Crippen molar-refractivity contribution in [2.75, 3.05) is 13.7 Å². The third kappa shape index (κ3) is 4.50. The van der Waals surface area contributed by atoms with Gasteiger partial charge in [0, 0.05) is 6.42 Å². The number of ether oxygens (including phenoxy) is 2. The van der Waals surface area contributed by atoms with Crippen molar-refractivity contribution in [2.24, 2.45) is 0 Å². The van der Waals surface area contributed by atoms with Crippen LogP contribution in [0.2, 0.25) is 0 Å². The normalized spacial score (nSPS) is 10.3. The van der Waals surface area contributed by atoms with Crippen molar-refractivity contribution in [3.63, 3.8) is 0 Å². The van der Waals surface area contributed by atoms with Gasteiger partial charge in [-0.1, -0.05) is 6.07 Å². The van der Waals surface area contributed by atoms with Gasteiger partial charge in [-0.2, -0.15) is 0 Å². The second kappa shape index (κ2) is 7.71. The number of aryl methyl sites for hydroxylation is 1. The van der Waals surface area contributed by atoms with Gasteiger partial charge in [0.05, 0.1) is 13.7 Å². The molecule has 3 nitrogen and oxygen atoms in total. The first-order chi connectivity index (χ1) is 9.10. The molecule has 0 N–H and O–H groups in total. The van der Waals surface area contributed by atoms with Crippen LogP contribution in [-0.4, -0.2) is 19.7 Å². The molecule has 0 aliphatic heterocycles. The van der Waals surface area contributed by atoms with E-state index in [2.05, 4.69) is 4.74 Å². The Morgan fingerprint density at radius 2 is 2.00 bits per heavy atom. The first-order valence-corrected chi connectivity index (χ1v) is 6.26. The first kappa shape index (κ1) is 15.4. The van der Waals surface area contributed by atoms with Crippen LogP contribution >= 0.6 is 0 Å². The van der Waals surface area contributed by atoms with Crippen molar-refractivity contribution in [1.82, 2.24) is 0 Å². The van der Waals surface area contributed by atoms with Gasteiger partial charge in [0.15, 0.2) is 17.4 Å². The summed E-state index contributed by atoms with van der Waals surface area (Å²) in [6, 6.07) is 2.58. The predicted octanol–water partition coefficient (Wildman–Crippen LogP) is 3.25. The van der Waals surface area contributed by atoms with Gasteiger partial charge < -0.3 is 9.47 Å². The third-order valence-corrected chi connectivity index (χ3v) is 2.72. The van der Waals surface area contributed by atoms with Gasteiger partial charge >= 0.3 is 5.97 Å². The zero-order valence-electron chi connectivity index (χ0n) is 11.2. The quantitative estimate of drug-likeness (QED) is 0.564. The molecule has 0 heterocycles. The molecule has 0 radical (unpaired) electrons. The Hall–Kier alpha value is -1.65. The minimum absolute atomic E-state index is 0.250. The molecular weight excluding hydrogens is 254 g/mol. The molecule has 0 spiro atoms. The van der Waals surface area contributed by atoms with E-state index < -0.39 is 11.6 Å². The van der Waals surface area contributed by atoms with E-state index in [0.717, 1.165) is 0 Å². The van der Waals surface area contributed by atoms with Crippen LogP contribution in [0.25, 0.3) is 0 Å². The summed E-state index contributed by atoms with van der Waals surface area (Å²) in [5.74, 6) is -1.99. The predicted molar refractivity (Wildman–Crippen MR) is 67.1 cm³/mol. The first-order valence-electron chi connectivity index (χ1n) is 6.26. The number of rotatable bonds is 7. The van der Waals surface area contributed by atoms with E-state index >= 15 is 0 Å². The summed E-state index contributed by atoms with van der Waals surface area (Å²) >= 11 is 0. The van der Waals surface area contributed by atoms with Crippen molar-refractivity contribution in [1.29, 1.82) is 0 Å². The standard InChI is InChI=1S/C14H18F2O3/c1-3-19-12(17)7-5-4-6-10-8-9-11(15)14(18-2)13(10)16/h8-9H,3-7H2,1-2H3. The van der Waals surface area contributed by atoms with Crippen LogP contribution in [0.15, 0.2) is 12.1 Å². The molecule has 0 unspecified atom stereocenters. The van der Waals surface area contributed by atoms with Gasteiger partial charge in [-0.05, 0) is 37.8 Å². The summed E-state index contributed by atoms with van der Waals surface area (Å²) < 4.78 is 36.4. The smallest absolute Gasteiger partial charge is 0.305 e. The number of esters is 1. The maximum atomic E-state index is 13.8. The second-order valence-corrected chi connectivity index (χ2v) is 4.07. The van der Waals surface area contributed by atoms with E-state index in [-0.39, 0.29) is 11.7 Å². The Bertz CT molecular complexity index is 433. The summed E-state index contributed by atoms with van der Waals surface area (Å²) in [7, 11) is 1.23. The zero-order valence-corrected chi connectivity index (χ0v) is 11.2. The minimum atomic E-state index is -0.713. The maximum absolute atomic E-state index is 13.8. The zero-order chi connectivity index (χ0) is 14.3. The monoisotopic (exact) mass is 272 g/mol. The van der Waals surface area contributed by atoms with Crippen LogP contribution in [0.3, 0.4) is 0 Å². The number of carbonyl (C=O) groups is 1. The fraction of sp³-hybridized carbons (Fsp3) is 0.500. The molecule has 0 saturated heterocycles. The summed E-state index contributed by atoms with van der Waals surface area (Å²) in [6.07, 6.45) is 1.98. The molecule has 1 rings (SSSR count). The number of hydrogen-bond donors (Lipinski definition) is 0. The number of methoxy groups -OCH3 is 1. The van der Waals surface area contributed by atoms with Crippen molar-refractivity contribution in [2.45, 2.75) is 32.6 Å². The highest BCUT2D eigenvalue weighted by atomic mass is 19.1. The Kier molecular flexibility index (Phi) is 6.25. The molecule has 19 heavy (non-hydrogen) atoms. The summed E-state index contributed by atoms with van der Waals surface area (Å²) in [4.78, 5) is 11.1. The second-order valence-electron chi connectivity index (χ2n) is 4.07. The lowest BCUT2D eigenvalue weighted by atomic mass is 10.1. The fourth-order valence-electron chi connectivity index (χ4n) is 1.77. The van der Waals surface area contributed by atoms with Gasteiger partial charge in [-0.3, -0.25) is 4.79 Å². The number of benzene rings is 1. The molecule has 5 heteroatoms. The SMILES string of the molecule is CCOC(=O)CCCCc1ccc(F)c(OC)c1F. The molecule has 0 bridgehead atoms. The van der Waals surface area contributed by atoms with E-state index in [1.807, 2.05) is 0 Å². The molecule has 0 fully saturated rings. The average Bonchev–Trinajstić information content (AvgIpc) is 2.38. The minimum Gasteiger partial charge on any atom is -0.491 e. The molecule has 0 amide bonds. The molecule has 0 aliphatic rings. The van der Waals surface area contributed by atoms with Crippen LogP contribution in [-0.2, 0) is 16.0 Å². The molecule has 0 saturated carbocycles. The van der Waals surface area contributed by atoms with E-state index in [1.165, 1.54) is 19.2 Å². The van der Waals surface area contributed by atoms with Gasteiger partial charge in [0.1, 0.15) is 0 Å². The summed E-state index contributed by atoms with van der Waals surface area (Å²) in [6.45, 7) is 2.11. The topological polar surface area (TPSA) is 35.5 Å². The Morgan fingerprint density at radius 3 is 2.63 bits per heavy atom. The van der Waals surface area contributed by atoms with Crippen LogP contribution < -0.4 is 4.74 Å². The highest BCUT2D eigenvalue weighted by molar-refractivity contribution is 5.69. The van der Waals surface area contributed by atoms with E-state index in [1.54, 1.807) is 6.92 Å². The van der Waals surface area contributed by atoms with Crippen LogP contribution in [0.5, 0.6) is 5.75 Å². The number of unbranched alkanes of at least 4 members (excludes halogenated alkanes) is 1. The summed E-state index contributed by atoms with van der Waals surface area (Å²) in [5.41, 5.74) is 0.391. The highest BCUT2D eigenvalue weighted by Crippen LogP contribution is 2.25. The van der Waals surface area contributed by atoms with Gasteiger partial charge in [-0.15, -0.1) is 0 Å². The number of carbonyl (C=O) groups excluding carboxylic acids is 1. The largest absolute Gasteiger partial charge is 0.491 e. The van der Waals surface area contributed by atoms with E-state index in [0.29, 0.717) is 37.9 Å². The van der Waals surface area contributed by atoms with Crippen LogP contribution in [0.4, 0.5) is 8.78 Å².